The predicted octanol–water partition coefficient (Wildman–Crippen LogP) is 7.88. The number of rotatable bonds is 13. The molecule has 0 saturated carbocycles. The van der Waals surface area contributed by atoms with Crippen LogP contribution in [0.3, 0.4) is 0 Å². The molecule has 29 heavy (non-hydrogen) atoms. The maximum atomic E-state index is 10.4. The molecule has 0 radical (unpaired) electrons. The van der Waals surface area contributed by atoms with Crippen LogP contribution in [0.25, 0.3) is 0 Å². The third kappa shape index (κ3) is 9.78. The van der Waals surface area contributed by atoms with Crippen molar-refractivity contribution < 1.29 is 15.3 Å². The summed E-state index contributed by atoms with van der Waals surface area (Å²) in [4.78, 5) is 0. The molecule has 168 valence electrons. The summed E-state index contributed by atoms with van der Waals surface area (Å²) in [5.74, 6) is -0.709. The van der Waals surface area contributed by atoms with Crippen molar-refractivity contribution in [2.24, 2.45) is 10.8 Å². The average molecular weight is 407 g/mol. The Morgan fingerprint density at radius 3 is 1.86 bits per heavy atom. The van der Waals surface area contributed by atoms with Crippen molar-refractivity contribution in [2.75, 3.05) is 0 Å². The lowest BCUT2D eigenvalue weighted by molar-refractivity contribution is 0.307. The van der Waals surface area contributed by atoms with Crippen LogP contribution in [0.4, 0.5) is 0 Å². The van der Waals surface area contributed by atoms with E-state index in [1.807, 2.05) is 0 Å². The molecule has 3 nitrogen and oxygen atoms in total. The van der Waals surface area contributed by atoms with Gasteiger partial charge in [0.05, 0.1) is 0 Å². The molecule has 1 aromatic rings. The standard InChI is InChI=1S/C26H46O3/c1-7-26(5,6)18-14-9-8-11-15-20-19-22(27)24(29)23(28)21(20)16-12-10-13-17-25(2,3)4/h19,27-29H,7-18H2,1-6H3. The van der Waals surface area contributed by atoms with E-state index in [2.05, 4.69) is 41.5 Å². The largest absolute Gasteiger partial charge is 0.504 e. The molecule has 3 heteroatoms. The van der Waals surface area contributed by atoms with Gasteiger partial charge in [-0.1, -0.05) is 80.1 Å². The third-order valence-electron chi connectivity index (χ3n) is 6.31. The van der Waals surface area contributed by atoms with E-state index >= 15 is 0 Å². The maximum absolute atomic E-state index is 10.4. The summed E-state index contributed by atoms with van der Waals surface area (Å²) in [5.41, 5.74) is 2.61. The minimum absolute atomic E-state index is 0.125. The first-order chi connectivity index (χ1) is 13.5. The molecule has 0 atom stereocenters. The SMILES string of the molecule is CCC(C)(C)CCCCCCc1cc(O)c(O)c(O)c1CCCCCC(C)(C)C. The van der Waals surface area contributed by atoms with Gasteiger partial charge in [-0.2, -0.15) is 0 Å². The molecule has 1 rings (SSSR count). The van der Waals surface area contributed by atoms with E-state index in [-0.39, 0.29) is 17.2 Å². The van der Waals surface area contributed by atoms with Crippen molar-refractivity contribution in [3.63, 3.8) is 0 Å². The Morgan fingerprint density at radius 2 is 1.24 bits per heavy atom. The van der Waals surface area contributed by atoms with E-state index in [0.29, 0.717) is 10.8 Å². The Balaban J connectivity index is 2.56. The molecule has 0 amide bonds. The number of benzene rings is 1. The molecular weight excluding hydrogens is 360 g/mol. The average Bonchev–Trinajstić information content (AvgIpc) is 2.63. The summed E-state index contributed by atoms with van der Waals surface area (Å²) >= 11 is 0. The van der Waals surface area contributed by atoms with Gasteiger partial charge in [0.1, 0.15) is 0 Å². The van der Waals surface area contributed by atoms with Crippen LogP contribution in [-0.4, -0.2) is 15.3 Å². The topological polar surface area (TPSA) is 60.7 Å². The highest BCUT2D eigenvalue weighted by Gasteiger charge is 2.17. The second-order valence-electron chi connectivity index (χ2n) is 10.8. The number of phenols is 3. The summed E-state index contributed by atoms with van der Waals surface area (Å²) in [6.07, 6.45) is 13.3. The van der Waals surface area contributed by atoms with E-state index in [1.165, 1.54) is 38.5 Å². The molecule has 3 N–H and O–H groups in total. The highest BCUT2D eigenvalue weighted by Crippen LogP contribution is 2.41. The molecule has 0 heterocycles. The first-order valence-electron chi connectivity index (χ1n) is 11.7. The molecule has 1 aromatic carbocycles. The number of aryl methyl sites for hydroxylation is 1. The van der Waals surface area contributed by atoms with Gasteiger partial charge in [0.2, 0.25) is 5.75 Å². The lowest BCUT2D eigenvalue weighted by Gasteiger charge is -2.22. The van der Waals surface area contributed by atoms with Crippen LogP contribution in [0.15, 0.2) is 6.07 Å². The Kier molecular flexibility index (Phi) is 10.4. The second kappa shape index (κ2) is 11.7. The zero-order valence-corrected chi connectivity index (χ0v) is 19.9. The minimum atomic E-state index is -0.375. The molecule has 0 bridgehead atoms. The summed E-state index contributed by atoms with van der Waals surface area (Å²) < 4.78 is 0. The summed E-state index contributed by atoms with van der Waals surface area (Å²) in [6.45, 7) is 13.7. The van der Waals surface area contributed by atoms with Gasteiger partial charge in [0.15, 0.2) is 11.5 Å². The van der Waals surface area contributed by atoms with Crippen LogP contribution in [-0.2, 0) is 12.8 Å². The molecule has 0 fully saturated rings. The van der Waals surface area contributed by atoms with Crippen LogP contribution in [0, 0.1) is 10.8 Å². The number of hydrogen-bond donors (Lipinski definition) is 3. The molecule has 0 aliphatic carbocycles. The van der Waals surface area contributed by atoms with Crippen LogP contribution in [0.1, 0.15) is 117 Å². The lowest BCUT2D eigenvalue weighted by atomic mass is 9.84. The van der Waals surface area contributed by atoms with Gasteiger partial charge >= 0.3 is 0 Å². The van der Waals surface area contributed by atoms with Gasteiger partial charge in [0, 0.05) is 5.56 Å². The molecule has 0 spiro atoms. The first kappa shape index (κ1) is 25.7. The highest BCUT2D eigenvalue weighted by molar-refractivity contribution is 5.57. The molecule has 0 saturated heterocycles. The normalized spacial score (nSPS) is 12.5. The summed E-state index contributed by atoms with van der Waals surface area (Å²) in [6, 6.07) is 1.65. The van der Waals surface area contributed by atoms with Crippen LogP contribution in [0.5, 0.6) is 17.2 Å². The number of hydrogen-bond acceptors (Lipinski definition) is 3. The second-order valence-corrected chi connectivity index (χ2v) is 10.8. The van der Waals surface area contributed by atoms with E-state index in [0.717, 1.165) is 49.7 Å². The van der Waals surface area contributed by atoms with Crippen LogP contribution < -0.4 is 0 Å². The number of aromatic hydroxyl groups is 3. The molecule has 0 aliphatic rings. The van der Waals surface area contributed by atoms with Crippen molar-refractivity contribution in [1.82, 2.24) is 0 Å². The van der Waals surface area contributed by atoms with Crippen molar-refractivity contribution >= 4 is 0 Å². The monoisotopic (exact) mass is 406 g/mol. The van der Waals surface area contributed by atoms with Gasteiger partial charge in [-0.25, -0.2) is 0 Å². The van der Waals surface area contributed by atoms with Gasteiger partial charge < -0.3 is 15.3 Å². The molecule has 0 aliphatic heterocycles. The zero-order valence-electron chi connectivity index (χ0n) is 19.9. The Hall–Kier alpha value is -1.38. The lowest BCUT2D eigenvalue weighted by Crippen LogP contribution is -2.08. The fourth-order valence-electron chi connectivity index (χ4n) is 3.82. The van der Waals surface area contributed by atoms with Gasteiger partial charge in [-0.15, -0.1) is 0 Å². The van der Waals surface area contributed by atoms with Gasteiger partial charge in [-0.05, 0) is 61.0 Å². The smallest absolute Gasteiger partial charge is 0.200 e. The Labute approximate surface area is 179 Å². The quantitative estimate of drug-likeness (QED) is 0.230. The third-order valence-corrected chi connectivity index (χ3v) is 6.31. The zero-order chi connectivity index (χ0) is 22.1. The van der Waals surface area contributed by atoms with E-state index in [1.54, 1.807) is 6.07 Å². The minimum Gasteiger partial charge on any atom is -0.504 e. The van der Waals surface area contributed by atoms with Crippen molar-refractivity contribution in [2.45, 2.75) is 119 Å². The molecule has 0 aromatic heterocycles. The fourth-order valence-corrected chi connectivity index (χ4v) is 3.82. The number of phenolic OH excluding ortho intramolecular Hbond substituents is 3. The molecule has 0 unspecified atom stereocenters. The van der Waals surface area contributed by atoms with Gasteiger partial charge in [-0.3, -0.25) is 0 Å². The highest BCUT2D eigenvalue weighted by atomic mass is 16.3. The first-order valence-corrected chi connectivity index (χ1v) is 11.7. The van der Waals surface area contributed by atoms with E-state index in [4.69, 9.17) is 0 Å². The number of unbranched alkanes of at least 4 members (excludes halogenated alkanes) is 5. The molecular formula is C26H46O3. The van der Waals surface area contributed by atoms with E-state index < -0.39 is 0 Å². The van der Waals surface area contributed by atoms with Crippen molar-refractivity contribution in [1.29, 1.82) is 0 Å². The fraction of sp³-hybridized carbons (Fsp3) is 0.769. The maximum Gasteiger partial charge on any atom is 0.200 e. The van der Waals surface area contributed by atoms with Crippen molar-refractivity contribution in [3.05, 3.63) is 17.2 Å². The van der Waals surface area contributed by atoms with Crippen LogP contribution in [0.2, 0.25) is 0 Å². The van der Waals surface area contributed by atoms with Crippen molar-refractivity contribution in [3.8, 4) is 17.2 Å². The predicted molar refractivity (Wildman–Crippen MR) is 124 cm³/mol. The van der Waals surface area contributed by atoms with E-state index in [9.17, 15) is 15.3 Å². The van der Waals surface area contributed by atoms with Crippen LogP contribution >= 0.6 is 0 Å². The summed E-state index contributed by atoms with van der Waals surface area (Å²) in [5, 5.41) is 30.3. The van der Waals surface area contributed by atoms with Gasteiger partial charge in [0.25, 0.3) is 0 Å². The Morgan fingerprint density at radius 1 is 0.690 bits per heavy atom. The summed E-state index contributed by atoms with van der Waals surface area (Å²) in [7, 11) is 0. The Bertz CT molecular complexity index is 611.